The number of piperidine rings is 1. The number of benzene rings is 1. The van der Waals surface area contributed by atoms with Crippen LogP contribution in [0, 0.1) is 0 Å². The number of likely N-dealkylation sites (tertiary alicyclic amines) is 1. The fraction of sp³-hybridized carbons (Fsp3) is 0.389. The van der Waals surface area contributed by atoms with Crippen LogP contribution in [0.3, 0.4) is 0 Å². The molecule has 1 aromatic carbocycles. The summed E-state index contributed by atoms with van der Waals surface area (Å²) in [6, 6.07) is 5.81. The zero-order valence-electron chi connectivity index (χ0n) is 13.2. The standard InChI is InChI=1S/C18H20F2N2O/c1-3-13-5-6-14-15(12-21(4-2)16(14)11-13)17(23)22-9-7-18(19,20)8-10-22/h3,5-6,11-12H,1,4,7-10H2,2H3. The molecule has 1 aromatic heterocycles. The second kappa shape index (κ2) is 5.80. The highest BCUT2D eigenvalue weighted by molar-refractivity contribution is 6.07. The molecule has 1 aliphatic heterocycles. The van der Waals surface area contributed by atoms with Crippen LogP contribution >= 0.6 is 0 Å². The number of aromatic nitrogens is 1. The number of rotatable bonds is 3. The predicted molar refractivity (Wildman–Crippen MR) is 87.8 cm³/mol. The lowest BCUT2D eigenvalue weighted by molar-refractivity contribution is -0.0493. The first kappa shape index (κ1) is 15.7. The van der Waals surface area contributed by atoms with Gasteiger partial charge >= 0.3 is 0 Å². The van der Waals surface area contributed by atoms with Crippen molar-refractivity contribution >= 4 is 22.9 Å². The van der Waals surface area contributed by atoms with Gasteiger partial charge in [0.05, 0.1) is 5.56 Å². The van der Waals surface area contributed by atoms with E-state index in [0.717, 1.165) is 23.0 Å². The van der Waals surface area contributed by atoms with Crippen molar-refractivity contribution in [2.45, 2.75) is 32.2 Å². The van der Waals surface area contributed by atoms with Gasteiger partial charge in [0.15, 0.2) is 0 Å². The molecule has 3 nitrogen and oxygen atoms in total. The minimum atomic E-state index is -2.65. The van der Waals surface area contributed by atoms with Crippen molar-refractivity contribution in [1.82, 2.24) is 9.47 Å². The molecule has 3 rings (SSSR count). The zero-order chi connectivity index (χ0) is 16.6. The van der Waals surface area contributed by atoms with Gasteiger partial charge in [0, 0.05) is 49.6 Å². The molecule has 5 heteroatoms. The van der Waals surface area contributed by atoms with E-state index in [-0.39, 0.29) is 31.8 Å². The Kier molecular flexibility index (Phi) is 3.96. The molecule has 2 aromatic rings. The molecule has 122 valence electrons. The summed E-state index contributed by atoms with van der Waals surface area (Å²) in [4.78, 5) is 14.3. The van der Waals surface area contributed by atoms with Crippen LogP contribution < -0.4 is 0 Å². The Balaban J connectivity index is 1.96. The maximum absolute atomic E-state index is 13.3. The van der Waals surface area contributed by atoms with Crippen LogP contribution in [0.1, 0.15) is 35.7 Å². The Morgan fingerprint density at radius 2 is 2.04 bits per heavy atom. The van der Waals surface area contributed by atoms with Crippen LogP contribution in [0.2, 0.25) is 0 Å². The summed E-state index contributed by atoms with van der Waals surface area (Å²) in [6.07, 6.45) is 3.07. The molecule has 1 aliphatic rings. The number of amides is 1. The molecule has 2 heterocycles. The number of alkyl halides is 2. The Morgan fingerprint density at radius 3 is 2.65 bits per heavy atom. The van der Waals surface area contributed by atoms with E-state index in [1.807, 2.05) is 35.9 Å². The lowest BCUT2D eigenvalue weighted by Gasteiger charge is -2.31. The van der Waals surface area contributed by atoms with Crippen molar-refractivity contribution < 1.29 is 13.6 Å². The second-order valence-electron chi connectivity index (χ2n) is 5.96. The highest BCUT2D eigenvalue weighted by Gasteiger charge is 2.36. The maximum Gasteiger partial charge on any atom is 0.256 e. The molecular weight excluding hydrogens is 298 g/mol. The molecule has 0 aliphatic carbocycles. The number of carbonyl (C=O) groups is 1. The average molecular weight is 318 g/mol. The summed E-state index contributed by atoms with van der Waals surface area (Å²) in [5.74, 6) is -2.81. The van der Waals surface area contributed by atoms with Crippen LogP contribution in [0.25, 0.3) is 17.0 Å². The Labute approximate surface area is 134 Å². The van der Waals surface area contributed by atoms with Gasteiger partial charge < -0.3 is 9.47 Å². The summed E-state index contributed by atoms with van der Waals surface area (Å²) in [5.41, 5.74) is 2.54. The van der Waals surface area contributed by atoms with E-state index in [1.54, 1.807) is 6.08 Å². The SMILES string of the molecule is C=Cc1ccc2c(C(=O)N3CCC(F)(F)CC3)cn(CC)c2c1. The van der Waals surface area contributed by atoms with E-state index in [0.29, 0.717) is 5.56 Å². The third kappa shape index (κ3) is 2.87. The van der Waals surface area contributed by atoms with Crippen LogP contribution in [0.15, 0.2) is 31.0 Å². The number of hydrogen-bond acceptors (Lipinski definition) is 1. The normalized spacial score (nSPS) is 17.4. The van der Waals surface area contributed by atoms with Gasteiger partial charge in [-0.3, -0.25) is 4.79 Å². The van der Waals surface area contributed by atoms with Gasteiger partial charge in [0.1, 0.15) is 0 Å². The van der Waals surface area contributed by atoms with E-state index < -0.39 is 5.92 Å². The summed E-state index contributed by atoms with van der Waals surface area (Å²) >= 11 is 0. The first-order chi connectivity index (χ1) is 10.9. The van der Waals surface area contributed by atoms with E-state index in [9.17, 15) is 13.6 Å². The number of nitrogens with zero attached hydrogens (tertiary/aromatic N) is 2. The molecule has 0 spiro atoms. The van der Waals surface area contributed by atoms with Gasteiger partial charge in [-0.25, -0.2) is 8.78 Å². The lowest BCUT2D eigenvalue weighted by atomic mass is 10.0. The minimum Gasteiger partial charge on any atom is -0.347 e. The van der Waals surface area contributed by atoms with E-state index in [2.05, 4.69) is 6.58 Å². The summed E-state index contributed by atoms with van der Waals surface area (Å²) in [7, 11) is 0. The maximum atomic E-state index is 13.3. The Bertz CT molecular complexity index is 754. The number of fused-ring (bicyclic) bond motifs is 1. The number of aryl methyl sites for hydroxylation is 1. The Morgan fingerprint density at radius 1 is 1.35 bits per heavy atom. The quantitative estimate of drug-likeness (QED) is 0.833. The Hall–Kier alpha value is -2.17. The first-order valence-electron chi connectivity index (χ1n) is 7.87. The van der Waals surface area contributed by atoms with Gasteiger partial charge in [-0.15, -0.1) is 0 Å². The molecule has 0 saturated carbocycles. The molecule has 23 heavy (non-hydrogen) atoms. The highest BCUT2D eigenvalue weighted by Crippen LogP contribution is 2.30. The lowest BCUT2D eigenvalue weighted by Crippen LogP contribution is -2.42. The van der Waals surface area contributed by atoms with Crippen LogP contribution in [0.5, 0.6) is 0 Å². The molecular formula is C18H20F2N2O. The van der Waals surface area contributed by atoms with Gasteiger partial charge in [0.25, 0.3) is 11.8 Å². The van der Waals surface area contributed by atoms with Gasteiger partial charge in [-0.1, -0.05) is 24.8 Å². The highest BCUT2D eigenvalue weighted by atomic mass is 19.3. The number of carbonyl (C=O) groups excluding carboxylic acids is 1. The summed E-state index contributed by atoms with van der Waals surface area (Å²) in [6.45, 7) is 6.73. The number of hydrogen-bond donors (Lipinski definition) is 0. The van der Waals surface area contributed by atoms with Gasteiger partial charge in [-0.05, 0) is 18.6 Å². The third-order valence-electron chi connectivity index (χ3n) is 4.50. The van der Waals surface area contributed by atoms with Crippen molar-refractivity contribution in [3.63, 3.8) is 0 Å². The monoisotopic (exact) mass is 318 g/mol. The van der Waals surface area contributed by atoms with Crippen LogP contribution in [0.4, 0.5) is 8.78 Å². The minimum absolute atomic E-state index is 0.107. The first-order valence-corrected chi connectivity index (χ1v) is 7.87. The second-order valence-corrected chi connectivity index (χ2v) is 5.96. The summed E-state index contributed by atoms with van der Waals surface area (Å²) in [5, 5.41) is 0.861. The third-order valence-corrected chi connectivity index (χ3v) is 4.50. The van der Waals surface area contributed by atoms with Crippen molar-refractivity contribution in [2.75, 3.05) is 13.1 Å². The molecule has 1 saturated heterocycles. The fourth-order valence-electron chi connectivity index (χ4n) is 3.08. The molecule has 0 radical (unpaired) electrons. The van der Waals surface area contributed by atoms with E-state index in [1.165, 1.54) is 4.90 Å². The van der Waals surface area contributed by atoms with Gasteiger partial charge in [0.2, 0.25) is 0 Å². The zero-order valence-corrected chi connectivity index (χ0v) is 13.2. The topological polar surface area (TPSA) is 25.2 Å². The number of halogens is 2. The van der Waals surface area contributed by atoms with E-state index in [4.69, 9.17) is 0 Å². The predicted octanol–water partition coefficient (Wildman–Crippen LogP) is 4.18. The molecule has 0 N–H and O–H groups in total. The van der Waals surface area contributed by atoms with Crippen LogP contribution in [-0.2, 0) is 6.54 Å². The average Bonchev–Trinajstić information content (AvgIpc) is 2.92. The van der Waals surface area contributed by atoms with Crippen LogP contribution in [-0.4, -0.2) is 34.4 Å². The van der Waals surface area contributed by atoms with Crippen molar-refractivity contribution in [1.29, 1.82) is 0 Å². The largest absolute Gasteiger partial charge is 0.347 e. The molecule has 0 unspecified atom stereocenters. The van der Waals surface area contributed by atoms with E-state index >= 15 is 0 Å². The summed E-state index contributed by atoms with van der Waals surface area (Å²) < 4.78 is 28.6. The van der Waals surface area contributed by atoms with Crippen molar-refractivity contribution in [2.24, 2.45) is 0 Å². The molecule has 0 atom stereocenters. The van der Waals surface area contributed by atoms with Crippen molar-refractivity contribution in [3.05, 3.63) is 42.1 Å². The molecule has 1 amide bonds. The smallest absolute Gasteiger partial charge is 0.256 e. The molecule has 1 fully saturated rings. The van der Waals surface area contributed by atoms with Crippen molar-refractivity contribution in [3.8, 4) is 0 Å². The fourth-order valence-corrected chi connectivity index (χ4v) is 3.08. The molecule has 0 bridgehead atoms. The van der Waals surface area contributed by atoms with Gasteiger partial charge in [-0.2, -0.15) is 0 Å².